The van der Waals surface area contributed by atoms with Crippen molar-refractivity contribution < 1.29 is 14.2 Å². The van der Waals surface area contributed by atoms with Gasteiger partial charge in [-0.15, -0.1) is 0 Å². The van der Waals surface area contributed by atoms with Crippen molar-refractivity contribution in [3.63, 3.8) is 0 Å². The van der Waals surface area contributed by atoms with Crippen LogP contribution in [0.25, 0.3) is 0 Å². The maximum atomic E-state index is 13.2. The van der Waals surface area contributed by atoms with Crippen molar-refractivity contribution in [2.75, 3.05) is 33.2 Å². The van der Waals surface area contributed by atoms with E-state index in [1.807, 2.05) is 22.3 Å². The van der Waals surface area contributed by atoms with Gasteiger partial charge in [-0.05, 0) is 32.9 Å². The minimum atomic E-state index is -0.561. The number of likely N-dealkylation sites (N-methyl/N-ethyl adjacent to an activating group) is 1. The number of urea groups is 1. The number of amidine groups is 1. The van der Waals surface area contributed by atoms with Gasteiger partial charge in [-0.3, -0.25) is 14.6 Å². The molecule has 4 rings (SSSR count). The van der Waals surface area contributed by atoms with Crippen molar-refractivity contribution in [1.29, 1.82) is 0 Å². The number of aryl methyl sites for hydroxylation is 1. The number of amides is 3. The van der Waals surface area contributed by atoms with E-state index in [1.165, 1.54) is 29.1 Å². The molecular weight excluding hydrogens is 344 g/mol. The van der Waals surface area contributed by atoms with Gasteiger partial charge in [-0.1, -0.05) is 24.1 Å². The lowest BCUT2D eigenvalue weighted by Gasteiger charge is -2.35. The number of carbonyl (C=O) groups excluding carboxylic acids is 2. The van der Waals surface area contributed by atoms with Gasteiger partial charge in [0.25, 0.3) is 5.91 Å². The summed E-state index contributed by atoms with van der Waals surface area (Å²) in [7, 11) is 1.70. The third-order valence-electron chi connectivity index (χ3n) is 5.72. The Labute approximate surface area is 159 Å². The van der Waals surface area contributed by atoms with Crippen LogP contribution in [0.4, 0.5) is 10.7 Å². The molecule has 3 amide bonds. The number of aromatic nitrogens is 2. The first-order valence-corrected chi connectivity index (χ1v) is 9.65. The third-order valence-corrected chi connectivity index (χ3v) is 5.72. The smallest absolute Gasteiger partial charge is 0.302 e. The molecule has 144 valence electrons. The molecule has 4 heterocycles. The number of rotatable bonds is 5. The molecule has 1 aromatic rings. The van der Waals surface area contributed by atoms with Crippen LogP contribution in [0.5, 0.6) is 0 Å². The van der Waals surface area contributed by atoms with Crippen LogP contribution in [0.2, 0.25) is 0 Å². The molecule has 1 atom stereocenters. The quantitative estimate of drug-likeness (QED) is 0.578. The second-order valence-electron chi connectivity index (χ2n) is 7.48. The Morgan fingerprint density at radius 1 is 1.26 bits per heavy atom. The molecule has 3 aliphatic rings. The highest BCUT2D eigenvalue weighted by molar-refractivity contribution is 6.19. The van der Waals surface area contributed by atoms with Gasteiger partial charge in [0, 0.05) is 20.1 Å². The highest BCUT2D eigenvalue weighted by Crippen LogP contribution is 2.29. The maximum Gasteiger partial charge on any atom is 0.402 e. The topological polar surface area (TPSA) is 65.0 Å². The molecule has 27 heavy (non-hydrogen) atoms. The minimum Gasteiger partial charge on any atom is -0.302 e. The lowest BCUT2D eigenvalue weighted by molar-refractivity contribution is -0.677. The average molecular weight is 371 g/mol. The van der Waals surface area contributed by atoms with Gasteiger partial charge in [-0.2, -0.15) is 0 Å². The van der Waals surface area contributed by atoms with Gasteiger partial charge in [0.05, 0.1) is 6.54 Å². The zero-order valence-electron chi connectivity index (χ0n) is 16.1. The molecule has 1 unspecified atom stereocenters. The van der Waals surface area contributed by atoms with E-state index in [9.17, 15) is 9.59 Å². The van der Waals surface area contributed by atoms with Gasteiger partial charge in [-0.25, -0.2) is 13.9 Å². The standard InChI is InChI=1S/C19H27N6O2/c1-4-8-23-14(2)13-25-15-16(20-18(23)25)21(3)19(27)24(17(15)26)12-11-22-9-6-5-7-10-22/h4,13,15H,1,5-12H2,2-3H3/q+1. The molecule has 3 aliphatic heterocycles. The van der Waals surface area contributed by atoms with Crippen LogP contribution in [0.15, 0.2) is 23.8 Å². The van der Waals surface area contributed by atoms with E-state index < -0.39 is 6.04 Å². The van der Waals surface area contributed by atoms with E-state index in [2.05, 4.69) is 16.5 Å². The van der Waals surface area contributed by atoms with E-state index in [-0.39, 0.29) is 11.9 Å². The number of nitrogens with zero attached hydrogens (tertiary/aromatic N) is 6. The molecule has 2 fully saturated rings. The molecule has 1 aromatic heterocycles. The van der Waals surface area contributed by atoms with Crippen LogP contribution in [0.3, 0.4) is 0 Å². The van der Waals surface area contributed by atoms with E-state index in [0.717, 1.165) is 25.3 Å². The summed E-state index contributed by atoms with van der Waals surface area (Å²) in [4.78, 5) is 35.9. The van der Waals surface area contributed by atoms with E-state index >= 15 is 0 Å². The van der Waals surface area contributed by atoms with Crippen molar-refractivity contribution in [3.8, 4) is 0 Å². The molecule has 8 nitrogen and oxygen atoms in total. The predicted molar refractivity (Wildman–Crippen MR) is 101 cm³/mol. The fourth-order valence-electron chi connectivity index (χ4n) is 4.22. The SMILES string of the molecule is C=CCn1c(C)c[n+]2c1N=C1C2C(=O)N(CCN2CCCCC2)C(=O)N1C. The van der Waals surface area contributed by atoms with Gasteiger partial charge in [0.1, 0.15) is 11.9 Å². The monoisotopic (exact) mass is 371 g/mol. The first-order valence-electron chi connectivity index (χ1n) is 9.65. The first kappa shape index (κ1) is 17.9. The zero-order valence-corrected chi connectivity index (χ0v) is 16.1. The molecule has 2 saturated heterocycles. The summed E-state index contributed by atoms with van der Waals surface area (Å²) >= 11 is 0. The fraction of sp³-hybridized carbons (Fsp3) is 0.579. The summed E-state index contributed by atoms with van der Waals surface area (Å²) < 4.78 is 3.88. The van der Waals surface area contributed by atoms with E-state index in [1.54, 1.807) is 13.1 Å². The molecule has 0 N–H and O–H groups in total. The number of fused-ring (bicyclic) bond motifs is 3. The molecular formula is C19H27N6O2+. The van der Waals surface area contributed by atoms with Crippen molar-refractivity contribution >= 4 is 23.7 Å². The Balaban J connectivity index is 1.59. The highest BCUT2D eigenvalue weighted by atomic mass is 16.2. The number of piperidine rings is 1. The summed E-state index contributed by atoms with van der Waals surface area (Å²) in [6.45, 7) is 9.64. The number of imide groups is 1. The van der Waals surface area contributed by atoms with Crippen molar-refractivity contribution in [2.24, 2.45) is 4.99 Å². The number of carbonyl (C=O) groups is 2. The van der Waals surface area contributed by atoms with Crippen molar-refractivity contribution in [3.05, 3.63) is 24.5 Å². The normalized spacial score (nSPS) is 22.7. The van der Waals surface area contributed by atoms with Crippen LogP contribution in [-0.2, 0) is 11.3 Å². The number of imidazole rings is 1. The van der Waals surface area contributed by atoms with Gasteiger partial charge >= 0.3 is 12.0 Å². The zero-order chi connectivity index (χ0) is 19.1. The number of hydrogen-bond acceptors (Lipinski definition) is 4. The maximum absolute atomic E-state index is 13.2. The Morgan fingerprint density at radius 3 is 2.70 bits per heavy atom. The summed E-state index contributed by atoms with van der Waals surface area (Å²) in [6.07, 6.45) is 7.39. The Bertz CT molecular complexity index is 820. The summed E-state index contributed by atoms with van der Waals surface area (Å²) in [5.74, 6) is 1.01. The molecule has 0 aliphatic carbocycles. The molecule has 0 spiro atoms. The van der Waals surface area contributed by atoms with Crippen molar-refractivity contribution in [2.45, 2.75) is 38.8 Å². The molecule has 0 saturated carbocycles. The minimum absolute atomic E-state index is 0.187. The predicted octanol–water partition coefficient (Wildman–Crippen LogP) is 1.23. The second-order valence-corrected chi connectivity index (χ2v) is 7.48. The van der Waals surface area contributed by atoms with Crippen LogP contribution >= 0.6 is 0 Å². The average Bonchev–Trinajstić information content (AvgIpc) is 3.17. The molecule has 8 heteroatoms. The highest BCUT2D eigenvalue weighted by Gasteiger charge is 2.52. The number of allylic oxidation sites excluding steroid dienone is 1. The third kappa shape index (κ3) is 2.88. The van der Waals surface area contributed by atoms with Crippen LogP contribution in [-0.4, -0.2) is 70.3 Å². The van der Waals surface area contributed by atoms with E-state index in [4.69, 9.17) is 0 Å². The number of likely N-dealkylation sites (tertiary alicyclic amines) is 1. The first-order chi connectivity index (χ1) is 13.0. The molecule has 0 bridgehead atoms. The Hall–Kier alpha value is -2.48. The summed E-state index contributed by atoms with van der Waals surface area (Å²) in [6, 6.07) is -0.849. The summed E-state index contributed by atoms with van der Waals surface area (Å²) in [5.41, 5.74) is 1.01. The largest absolute Gasteiger partial charge is 0.402 e. The van der Waals surface area contributed by atoms with Gasteiger partial charge < -0.3 is 4.90 Å². The van der Waals surface area contributed by atoms with Crippen LogP contribution in [0, 0.1) is 6.92 Å². The molecule has 0 aromatic carbocycles. The van der Waals surface area contributed by atoms with Gasteiger partial charge in [0.2, 0.25) is 11.9 Å². The van der Waals surface area contributed by atoms with Gasteiger partial charge in [0.15, 0.2) is 0 Å². The Kier molecular flexibility index (Phi) is 4.59. The van der Waals surface area contributed by atoms with Crippen LogP contribution < -0.4 is 4.57 Å². The Morgan fingerprint density at radius 2 is 2.00 bits per heavy atom. The second kappa shape index (κ2) is 6.92. The van der Waals surface area contributed by atoms with E-state index in [0.29, 0.717) is 24.9 Å². The lowest BCUT2D eigenvalue weighted by Crippen LogP contribution is -2.63. The lowest BCUT2D eigenvalue weighted by atomic mass is 10.1. The number of aliphatic imine (C=N–C) groups is 1. The fourth-order valence-corrected chi connectivity index (χ4v) is 4.22. The summed E-state index contributed by atoms with van der Waals surface area (Å²) in [5, 5.41) is 0. The molecule has 0 radical (unpaired) electrons. The number of hydrogen-bond donors (Lipinski definition) is 0. The van der Waals surface area contributed by atoms with Crippen LogP contribution in [0.1, 0.15) is 31.0 Å². The van der Waals surface area contributed by atoms with Crippen molar-refractivity contribution in [1.82, 2.24) is 19.3 Å².